The van der Waals surface area contributed by atoms with Gasteiger partial charge in [-0.05, 0) is 20.8 Å². The number of nitrogens with zero attached hydrogens (tertiary/aromatic N) is 2. The highest BCUT2D eigenvalue weighted by Gasteiger charge is 2.39. The van der Waals surface area contributed by atoms with Crippen molar-refractivity contribution >= 4 is 11.9 Å². The van der Waals surface area contributed by atoms with Crippen LogP contribution in [0.1, 0.15) is 20.8 Å². The number of methoxy groups -OCH3 is 1. The summed E-state index contributed by atoms with van der Waals surface area (Å²) in [4.78, 5) is 18.2. The third-order valence-electron chi connectivity index (χ3n) is 2.99. The summed E-state index contributed by atoms with van der Waals surface area (Å²) < 4.78 is 5.04. The zero-order chi connectivity index (χ0) is 13.8. The molecule has 0 aliphatic carbocycles. The van der Waals surface area contributed by atoms with Gasteiger partial charge in [-0.15, -0.1) is 0 Å². The lowest BCUT2D eigenvalue weighted by atomic mass is 9.99. The summed E-state index contributed by atoms with van der Waals surface area (Å²) in [5, 5.41) is 2.83. The molecule has 7 heteroatoms. The zero-order valence-electron chi connectivity index (χ0n) is 11.5. The number of nitrogens with one attached hydrogen (secondary N) is 2. The average Bonchev–Trinajstić information content (AvgIpc) is 2.30. The minimum absolute atomic E-state index is 0.0261. The number of carbonyl (C=O) groups is 1. The molecule has 0 bridgehead atoms. The predicted molar refractivity (Wildman–Crippen MR) is 69.9 cm³/mol. The number of aliphatic imine (C=N–C) groups is 1. The van der Waals surface area contributed by atoms with Gasteiger partial charge >= 0.3 is 0 Å². The number of hydrogen-bond donors (Lipinski definition) is 3. The average molecular weight is 257 g/mol. The summed E-state index contributed by atoms with van der Waals surface area (Å²) in [6.45, 7) is 7.37. The molecule has 1 atom stereocenters. The molecule has 0 spiro atoms. The van der Waals surface area contributed by atoms with Crippen LogP contribution in [0.15, 0.2) is 4.99 Å². The third kappa shape index (κ3) is 3.11. The van der Waals surface area contributed by atoms with Crippen molar-refractivity contribution < 1.29 is 9.53 Å². The van der Waals surface area contributed by atoms with Crippen molar-refractivity contribution in [2.75, 3.05) is 26.8 Å². The van der Waals surface area contributed by atoms with Crippen LogP contribution in [0.3, 0.4) is 0 Å². The molecule has 1 aliphatic heterocycles. The molecule has 4 N–H and O–H groups in total. The number of amides is 1. The van der Waals surface area contributed by atoms with E-state index in [1.807, 2.05) is 25.7 Å². The molecule has 0 aromatic heterocycles. The lowest BCUT2D eigenvalue weighted by Gasteiger charge is -2.42. The molecule has 1 unspecified atom stereocenters. The van der Waals surface area contributed by atoms with E-state index in [0.717, 1.165) is 0 Å². The van der Waals surface area contributed by atoms with Crippen molar-refractivity contribution in [1.29, 1.82) is 0 Å². The summed E-state index contributed by atoms with van der Waals surface area (Å²) in [6.07, 6.45) is 0. The van der Waals surface area contributed by atoms with Gasteiger partial charge in [-0.3, -0.25) is 10.2 Å². The number of carbonyl (C=O) groups excluding carboxylic acids is 1. The van der Waals surface area contributed by atoms with Crippen molar-refractivity contribution in [2.45, 2.75) is 32.4 Å². The Morgan fingerprint density at radius 3 is 2.94 bits per heavy atom. The number of piperazine rings is 1. The minimum atomic E-state index is -0.670. The van der Waals surface area contributed by atoms with Crippen LogP contribution < -0.4 is 16.6 Å². The summed E-state index contributed by atoms with van der Waals surface area (Å²) in [7, 11) is 1.62. The van der Waals surface area contributed by atoms with Crippen molar-refractivity contribution in [3.8, 4) is 0 Å². The SMILES string of the molecule is COCC(C)N=C(NN)N1CCNC(=O)C1(C)C. The Morgan fingerprint density at radius 1 is 1.72 bits per heavy atom. The maximum absolute atomic E-state index is 11.9. The fourth-order valence-corrected chi connectivity index (χ4v) is 1.94. The van der Waals surface area contributed by atoms with E-state index >= 15 is 0 Å². The molecule has 1 amide bonds. The van der Waals surface area contributed by atoms with Gasteiger partial charge in [-0.2, -0.15) is 0 Å². The van der Waals surface area contributed by atoms with Gasteiger partial charge in [-0.25, -0.2) is 10.8 Å². The van der Waals surface area contributed by atoms with Crippen LogP contribution >= 0.6 is 0 Å². The minimum Gasteiger partial charge on any atom is -0.382 e. The van der Waals surface area contributed by atoms with Gasteiger partial charge in [0.2, 0.25) is 11.9 Å². The number of hydrazine groups is 1. The van der Waals surface area contributed by atoms with Gasteiger partial charge in [-0.1, -0.05) is 0 Å². The van der Waals surface area contributed by atoms with Crippen molar-refractivity contribution in [3.63, 3.8) is 0 Å². The van der Waals surface area contributed by atoms with Crippen LogP contribution in [-0.4, -0.2) is 55.2 Å². The number of nitrogens with two attached hydrogens (primary N) is 1. The molecular formula is C11H23N5O2. The number of rotatable bonds is 3. The molecule has 18 heavy (non-hydrogen) atoms. The molecule has 0 radical (unpaired) electrons. The summed E-state index contributed by atoms with van der Waals surface area (Å²) in [5.74, 6) is 6.00. The van der Waals surface area contributed by atoms with Crippen molar-refractivity contribution in [2.24, 2.45) is 10.8 Å². The molecule has 1 heterocycles. The zero-order valence-corrected chi connectivity index (χ0v) is 11.5. The molecular weight excluding hydrogens is 234 g/mol. The second-order valence-corrected chi connectivity index (χ2v) is 4.87. The first-order chi connectivity index (χ1) is 8.43. The Bertz CT molecular complexity index is 329. The molecule has 0 aromatic carbocycles. The number of hydrogen-bond acceptors (Lipinski definition) is 4. The molecule has 0 aromatic rings. The first-order valence-corrected chi connectivity index (χ1v) is 6.02. The van der Waals surface area contributed by atoms with E-state index in [1.165, 1.54) is 0 Å². The predicted octanol–water partition coefficient (Wildman–Crippen LogP) is -0.949. The van der Waals surface area contributed by atoms with E-state index in [9.17, 15) is 4.79 Å². The lowest BCUT2D eigenvalue weighted by molar-refractivity contribution is -0.132. The van der Waals surface area contributed by atoms with Gasteiger partial charge in [0, 0.05) is 20.2 Å². The van der Waals surface area contributed by atoms with Crippen LogP contribution in [0.5, 0.6) is 0 Å². The molecule has 1 saturated heterocycles. The number of ether oxygens (including phenoxy) is 1. The van der Waals surface area contributed by atoms with Crippen molar-refractivity contribution in [3.05, 3.63) is 0 Å². The Labute approximate surface area is 108 Å². The van der Waals surface area contributed by atoms with E-state index in [1.54, 1.807) is 7.11 Å². The Morgan fingerprint density at radius 2 is 2.39 bits per heavy atom. The van der Waals surface area contributed by atoms with Crippen LogP contribution in [-0.2, 0) is 9.53 Å². The first-order valence-electron chi connectivity index (χ1n) is 6.02. The fraction of sp³-hybridized carbons (Fsp3) is 0.818. The second kappa shape index (κ2) is 6.01. The third-order valence-corrected chi connectivity index (χ3v) is 2.99. The highest BCUT2D eigenvalue weighted by atomic mass is 16.5. The van der Waals surface area contributed by atoms with E-state index in [0.29, 0.717) is 25.7 Å². The Hall–Kier alpha value is -1.34. The standard InChI is InChI=1S/C11H23N5O2/c1-8(7-18-4)14-10(15-12)16-6-5-13-9(17)11(16,2)3/h8H,5-7,12H2,1-4H3,(H,13,17)(H,14,15). The van der Waals surface area contributed by atoms with Crippen molar-refractivity contribution in [1.82, 2.24) is 15.6 Å². The summed E-state index contributed by atoms with van der Waals surface area (Å²) >= 11 is 0. The molecule has 7 nitrogen and oxygen atoms in total. The second-order valence-electron chi connectivity index (χ2n) is 4.87. The largest absolute Gasteiger partial charge is 0.382 e. The topological polar surface area (TPSA) is 92.0 Å². The highest BCUT2D eigenvalue weighted by molar-refractivity contribution is 5.92. The van der Waals surface area contributed by atoms with Gasteiger partial charge in [0.15, 0.2) is 0 Å². The highest BCUT2D eigenvalue weighted by Crippen LogP contribution is 2.17. The maximum atomic E-state index is 11.9. The molecule has 0 saturated carbocycles. The maximum Gasteiger partial charge on any atom is 0.245 e. The van der Waals surface area contributed by atoms with Crippen LogP contribution in [0, 0.1) is 0 Å². The molecule has 1 aliphatic rings. The van der Waals surface area contributed by atoms with Gasteiger partial charge in [0.25, 0.3) is 0 Å². The normalized spacial score (nSPS) is 21.5. The molecule has 1 fully saturated rings. The quantitative estimate of drug-likeness (QED) is 0.262. The fourth-order valence-electron chi connectivity index (χ4n) is 1.94. The van der Waals surface area contributed by atoms with Gasteiger partial charge in [0.05, 0.1) is 12.6 Å². The Balaban J connectivity index is 2.90. The van der Waals surface area contributed by atoms with Gasteiger partial charge in [0.1, 0.15) is 5.54 Å². The Kier molecular flexibility index (Phi) is 4.92. The molecule has 1 rings (SSSR count). The smallest absolute Gasteiger partial charge is 0.245 e. The summed E-state index contributed by atoms with van der Waals surface area (Å²) in [5.41, 5.74) is 1.91. The van der Waals surface area contributed by atoms with Gasteiger partial charge < -0.3 is 15.0 Å². The van der Waals surface area contributed by atoms with E-state index in [-0.39, 0.29) is 11.9 Å². The van der Waals surface area contributed by atoms with Crippen LogP contribution in [0.2, 0.25) is 0 Å². The lowest BCUT2D eigenvalue weighted by Crippen LogP contribution is -2.66. The monoisotopic (exact) mass is 257 g/mol. The van der Waals surface area contributed by atoms with E-state index in [2.05, 4.69) is 15.7 Å². The first kappa shape index (κ1) is 14.7. The summed E-state index contributed by atoms with van der Waals surface area (Å²) in [6, 6.07) is -0.0261. The van der Waals surface area contributed by atoms with Crippen LogP contribution in [0.25, 0.3) is 0 Å². The van der Waals surface area contributed by atoms with E-state index < -0.39 is 5.54 Å². The number of guanidine groups is 1. The van der Waals surface area contributed by atoms with E-state index in [4.69, 9.17) is 10.6 Å². The molecule has 104 valence electrons. The van der Waals surface area contributed by atoms with Crippen LogP contribution in [0.4, 0.5) is 0 Å².